The minimum atomic E-state index is -0.450. The molecule has 17 heteroatoms. The highest BCUT2D eigenvalue weighted by Crippen LogP contribution is 2.44. The highest BCUT2D eigenvalue weighted by atomic mass is 32.1. The Bertz CT molecular complexity index is 2850. The number of Topliss-reactive ketones (excluding diaryl/α,β-unsaturated/α-hetero) is 1. The number of fused-ring (bicyclic) bond motifs is 2. The molecule has 0 amide bonds. The molecule has 0 bridgehead atoms. The van der Waals surface area contributed by atoms with Crippen LogP contribution < -0.4 is 28.4 Å². The van der Waals surface area contributed by atoms with E-state index < -0.39 is 23.8 Å². The molecule has 2 aliphatic rings. The zero-order valence-corrected chi connectivity index (χ0v) is 43.5. The van der Waals surface area contributed by atoms with Crippen molar-refractivity contribution in [2.24, 2.45) is 23.7 Å². The number of thiazole rings is 2. The summed E-state index contributed by atoms with van der Waals surface area (Å²) >= 11 is 2.78. The maximum Gasteiger partial charge on any atom is 0.314 e. The Balaban J connectivity index is 0.825. The van der Waals surface area contributed by atoms with Crippen molar-refractivity contribution in [2.75, 3.05) is 19.8 Å². The molecule has 2 aliphatic carbocycles. The summed E-state index contributed by atoms with van der Waals surface area (Å²) in [6, 6.07) is 24.5. The number of nitrogens with zero attached hydrogens (tertiary/aromatic N) is 2. The zero-order valence-electron chi connectivity index (χ0n) is 41.8. The highest BCUT2D eigenvalue weighted by molar-refractivity contribution is 7.28. The molecular weight excluding hydrogens is 985 g/mol. The highest BCUT2D eigenvalue weighted by Gasteiger charge is 2.35. The van der Waals surface area contributed by atoms with Gasteiger partial charge in [-0.15, -0.1) is 22.7 Å². The Morgan fingerprint density at radius 2 is 0.986 bits per heavy atom. The van der Waals surface area contributed by atoms with Crippen molar-refractivity contribution in [1.82, 2.24) is 9.97 Å². The van der Waals surface area contributed by atoms with Crippen molar-refractivity contribution in [2.45, 2.75) is 117 Å². The molecule has 0 saturated heterocycles. The molecule has 0 aliphatic heterocycles. The molecule has 390 valence electrons. The number of benzene rings is 4. The van der Waals surface area contributed by atoms with Gasteiger partial charge in [-0.3, -0.25) is 28.8 Å². The van der Waals surface area contributed by atoms with E-state index in [0.717, 1.165) is 48.7 Å². The maximum absolute atomic E-state index is 13.8. The molecule has 2 fully saturated rings. The van der Waals surface area contributed by atoms with Gasteiger partial charge in [-0.1, -0.05) is 26.0 Å². The molecule has 0 N–H and O–H groups in total. The molecule has 0 radical (unpaired) electrons. The molecule has 4 aromatic carbocycles. The topological polar surface area (TPSA) is 193 Å². The van der Waals surface area contributed by atoms with Crippen LogP contribution in [-0.2, 0) is 33.5 Å². The number of ether oxygens (including phenoxy) is 7. The van der Waals surface area contributed by atoms with E-state index in [1.54, 1.807) is 60.7 Å². The normalized spacial score (nSPS) is 17.5. The van der Waals surface area contributed by atoms with E-state index in [4.69, 9.17) is 43.1 Å². The van der Waals surface area contributed by atoms with Crippen LogP contribution in [0.25, 0.3) is 30.4 Å². The van der Waals surface area contributed by atoms with Crippen LogP contribution in [0.4, 0.5) is 0 Å². The number of unbranched alkanes of at least 4 members (excludes halogenated alkanes) is 3. The second-order valence-corrected chi connectivity index (χ2v) is 20.8. The number of carbonyl (C=O) groups is 6. The lowest BCUT2D eigenvalue weighted by Crippen LogP contribution is -2.30. The first-order valence-corrected chi connectivity index (χ1v) is 27.5. The van der Waals surface area contributed by atoms with Crippen LogP contribution >= 0.6 is 22.7 Å². The van der Waals surface area contributed by atoms with Crippen LogP contribution in [0, 0.1) is 23.7 Å². The molecular formula is C57H62N2O13S2. The number of ketones is 1. The number of hydrogen-bond donors (Lipinski definition) is 0. The van der Waals surface area contributed by atoms with Crippen LogP contribution in [0.5, 0.6) is 34.5 Å². The van der Waals surface area contributed by atoms with Gasteiger partial charge < -0.3 is 33.2 Å². The molecule has 6 aromatic rings. The molecule has 2 saturated carbocycles. The van der Waals surface area contributed by atoms with Gasteiger partial charge in [0.25, 0.3) is 0 Å². The summed E-state index contributed by atoms with van der Waals surface area (Å²) in [4.78, 5) is 86.9. The largest absolute Gasteiger partial charge is 0.494 e. The van der Waals surface area contributed by atoms with Gasteiger partial charge in [0.2, 0.25) is 0 Å². The number of rotatable bonds is 24. The Kier molecular flexibility index (Phi) is 19.2. The molecule has 0 spiro atoms. The first-order chi connectivity index (χ1) is 36.0. The summed E-state index contributed by atoms with van der Waals surface area (Å²) in [5.74, 6) is -0.866. The quantitative estimate of drug-likeness (QED) is 0.0315. The first kappa shape index (κ1) is 53.6. The molecule has 8 rings (SSSR count). The first-order valence-electron chi connectivity index (χ1n) is 25.8. The predicted molar refractivity (Wildman–Crippen MR) is 280 cm³/mol. The van der Waals surface area contributed by atoms with E-state index in [0.29, 0.717) is 121 Å². The van der Waals surface area contributed by atoms with Crippen LogP contribution in [0.15, 0.2) is 84.9 Å². The summed E-state index contributed by atoms with van der Waals surface area (Å²) in [6.45, 7) is 4.88. The fraction of sp³-hybridized carbons (Fsp3) is 0.439. The summed E-state index contributed by atoms with van der Waals surface area (Å²) in [5.41, 5.74) is 1.19. The van der Waals surface area contributed by atoms with E-state index >= 15 is 0 Å². The van der Waals surface area contributed by atoms with E-state index in [1.165, 1.54) is 22.7 Å². The minimum Gasteiger partial charge on any atom is -0.494 e. The van der Waals surface area contributed by atoms with Gasteiger partial charge in [-0.2, -0.15) is 0 Å². The van der Waals surface area contributed by atoms with E-state index in [9.17, 15) is 28.8 Å². The Morgan fingerprint density at radius 3 is 1.55 bits per heavy atom. The van der Waals surface area contributed by atoms with E-state index in [-0.39, 0.29) is 53.6 Å². The van der Waals surface area contributed by atoms with Crippen LogP contribution in [0.3, 0.4) is 0 Å². The van der Waals surface area contributed by atoms with Crippen molar-refractivity contribution >= 4 is 78.7 Å². The second-order valence-electron chi connectivity index (χ2n) is 18.8. The fourth-order valence-electron chi connectivity index (χ4n) is 9.02. The molecule has 74 heavy (non-hydrogen) atoms. The average Bonchev–Trinajstić information content (AvgIpc) is 4.07. The third-order valence-corrected chi connectivity index (χ3v) is 15.4. The lowest BCUT2D eigenvalue weighted by Gasteiger charge is -2.26. The van der Waals surface area contributed by atoms with Crippen molar-refractivity contribution in [3.63, 3.8) is 0 Å². The smallest absolute Gasteiger partial charge is 0.314 e. The van der Waals surface area contributed by atoms with E-state index in [2.05, 4.69) is 0 Å². The van der Waals surface area contributed by atoms with Gasteiger partial charge in [0.1, 0.15) is 39.8 Å². The maximum atomic E-state index is 13.8. The van der Waals surface area contributed by atoms with E-state index in [1.807, 2.05) is 38.1 Å². The lowest BCUT2D eigenvalue weighted by molar-refractivity contribution is -0.145. The Morgan fingerprint density at radius 1 is 0.500 bits per heavy atom. The van der Waals surface area contributed by atoms with Crippen LogP contribution in [0.2, 0.25) is 0 Å². The Hall–Kier alpha value is -6.72. The third-order valence-electron chi connectivity index (χ3n) is 13.2. The molecule has 2 aromatic heterocycles. The van der Waals surface area contributed by atoms with Crippen LogP contribution in [-0.4, -0.2) is 65.4 Å². The average molecular weight is 1050 g/mol. The summed E-state index contributed by atoms with van der Waals surface area (Å²) in [5, 5.41) is 1.26. The third kappa shape index (κ3) is 14.7. The minimum absolute atomic E-state index is 0.00730. The van der Waals surface area contributed by atoms with Gasteiger partial charge >= 0.3 is 29.8 Å². The van der Waals surface area contributed by atoms with Gasteiger partial charge in [0.05, 0.1) is 47.1 Å². The molecule has 15 nitrogen and oxygen atoms in total. The zero-order chi connectivity index (χ0) is 51.8. The van der Waals surface area contributed by atoms with Crippen molar-refractivity contribution in [1.29, 1.82) is 0 Å². The summed E-state index contributed by atoms with van der Waals surface area (Å²) in [7, 11) is 0. The van der Waals surface area contributed by atoms with Gasteiger partial charge in [0.15, 0.2) is 27.3 Å². The summed E-state index contributed by atoms with van der Waals surface area (Å²) in [6.07, 6.45) is 9.64. The lowest BCUT2D eigenvalue weighted by atomic mass is 9.82. The molecule has 2 heterocycles. The summed E-state index contributed by atoms with van der Waals surface area (Å²) < 4.78 is 41.7. The van der Waals surface area contributed by atoms with Gasteiger partial charge in [-0.25, -0.2) is 9.97 Å². The standard InChI is InChI=1S/C57H62N2O13S2/c1-3-11-40(60)35-68-42-25-29-44(30-26-42)70-55(63)37-17-21-39(22-18-37)57(65)72-47-32-31-46(50-51(47)74-53(59-50)52-58-45-13-7-8-14-48(45)73-52)71-56(64)38-19-15-36(16-20-38)54(62)69-43-27-23-41(24-28-43)66-33-9-5-6-10-34-67-49(61)12-4-2/h7-8,13-14,23-32,36-39H,3-6,9-12,15-22,33-35H2,1-2H3. The Labute approximate surface area is 438 Å². The molecule has 0 unspecified atom stereocenters. The number of esters is 5. The number of hydrogen-bond acceptors (Lipinski definition) is 17. The van der Waals surface area contributed by atoms with Gasteiger partial charge in [-0.05, 0) is 163 Å². The van der Waals surface area contributed by atoms with Crippen molar-refractivity contribution in [3.05, 3.63) is 84.9 Å². The van der Waals surface area contributed by atoms with Gasteiger partial charge in [0, 0.05) is 12.8 Å². The fourth-order valence-corrected chi connectivity index (χ4v) is 11.0. The van der Waals surface area contributed by atoms with Crippen LogP contribution in [0.1, 0.15) is 117 Å². The SMILES string of the molecule is CCCC(=O)COc1ccc(OC(=O)C2CCC(C(=O)Oc3ccc(OC(=O)C4CCC(C(=O)Oc5ccc(OCCCCCCOC(=O)CCC)cc5)CC4)c4nc(-c5nc6ccccc6s5)sc34)CC2)cc1. The second kappa shape index (κ2) is 26.5. The van der Waals surface area contributed by atoms with Crippen molar-refractivity contribution < 1.29 is 61.9 Å². The number of para-hydroxylation sites is 1. The predicted octanol–water partition coefficient (Wildman–Crippen LogP) is 12.2. The van der Waals surface area contributed by atoms with Crippen molar-refractivity contribution in [3.8, 4) is 44.5 Å². The number of carbonyl (C=O) groups excluding carboxylic acids is 6. The monoisotopic (exact) mass is 1050 g/mol. The number of aromatic nitrogens is 2. The molecule has 0 atom stereocenters.